The average molecular weight is 378 g/mol. The van der Waals surface area contributed by atoms with E-state index >= 15 is 0 Å². The van der Waals surface area contributed by atoms with Crippen molar-refractivity contribution in [1.29, 1.82) is 0 Å². The highest BCUT2D eigenvalue weighted by atomic mass is 32.1. The van der Waals surface area contributed by atoms with Crippen molar-refractivity contribution < 1.29 is 0 Å². The number of anilines is 1. The maximum absolute atomic E-state index is 5.75. The molecule has 6 heteroatoms. The number of pyridine rings is 1. The maximum atomic E-state index is 5.75. The van der Waals surface area contributed by atoms with Crippen LogP contribution in [0.3, 0.4) is 0 Å². The van der Waals surface area contributed by atoms with E-state index in [1.807, 2.05) is 12.3 Å². The van der Waals surface area contributed by atoms with Gasteiger partial charge in [0.15, 0.2) is 0 Å². The highest BCUT2D eigenvalue weighted by molar-refractivity contribution is 7.18. The molecule has 0 radical (unpaired) electrons. The number of benzene rings is 1. The molecule has 4 rings (SSSR count). The topological polar surface area (TPSA) is 67.9 Å². The van der Waals surface area contributed by atoms with Crippen molar-refractivity contribution in [3.63, 3.8) is 0 Å². The van der Waals surface area contributed by atoms with Gasteiger partial charge in [0.2, 0.25) is 0 Å². The van der Waals surface area contributed by atoms with E-state index in [0.29, 0.717) is 13.0 Å². The molecule has 3 aromatic heterocycles. The molecule has 138 valence electrons. The van der Waals surface area contributed by atoms with Crippen molar-refractivity contribution in [2.75, 3.05) is 18.5 Å². The third-order valence-electron chi connectivity index (χ3n) is 4.91. The Morgan fingerprint density at radius 3 is 2.74 bits per heavy atom. The summed E-state index contributed by atoms with van der Waals surface area (Å²) in [6.45, 7) is 5.57. The van der Waals surface area contributed by atoms with E-state index in [1.165, 1.54) is 16.0 Å². The molecule has 0 aliphatic heterocycles. The van der Waals surface area contributed by atoms with Gasteiger partial charge < -0.3 is 10.6 Å². The Morgan fingerprint density at radius 2 is 1.93 bits per heavy atom. The van der Waals surface area contributed by atoms with Crippen LogP contribution in [0.2, 0.25) is 0 Å². The van der Waals surface area contributed by atoms with E-state index < -0.39 is 0 Å². The number of nitrogens with zero attached hydrogens (tertiary/aromatic N) is 4. The first-order valence-electron chi connectivity index (χ1n) is 9.09. The number of aryl methyl sites for hydroxylation is 2. The summed E-state index contributed by atoms with van der Waals surface area (Å²) >= 11 is 1.73. The number of nitrogens with two attached hydrogens (primary N) is 1. The Kier molecular flexibility index (Phi) is 4.76. The summed E-state index contributed by atoms with van der Waals surface area (Å²) in [5.74, 6) is 1.78. The number of hydrogen-bond donors (Lipinski definition) is 1. The second-order valence-electron chi connectivity index (χ2n) is 6.81. The van der Waals surface area contributed by atoms with Gasteiger partial charge in [-0.05, 0) is 37.6 Å². The zero-order chi connectivity index (χ0) is 19.0. The average Bonchev–Trinajstić information content (AvgIpc) is 2.95. The summed E-state index contributed by atoms with van der Waals surface area (Å²) < 4.78 is 0. The summed E-state index contributed by atoms with van der Waals surface area (Å²) in [5.41, 5.74) is 9.24. The highest BCUT2D eigenvalue weighted by Crippen LogP contribution is 2.35. The highest BCUT2D eigenvalue weighted by Gasteiger charge is 2.18. The van der Waals surface area contributed by atoms with Crippen molar-refractivity contribution in [3.05, 3.63) is 58.4 Å². The van der Waals surface area contributed by atoms with Gasteiger partial charge >= 0.3 is 0 Å². The molecule has 0 atom stereocenters. The van der Waals surface area contributed by atoms with E-state index in [2.05, 4.69) is 55.0 Å². The zero-order valence-electron chi connectivity index (χ0n) is 15.9. The molecule has 0 saturated carbocycles. The van der Waals surface area contributed by atoms with Crippen LogP contribution < -0.4 is 10.6 Å². The first kappa shape index (κ1) is 17.8. The van der Waals surface area contributed by atoms with Crippen LogP contribution in [-0.2, 0) is 13.0 Å². The Hall–Kier alpha value is -2.57. The fourth-order valence-corrected chi connectivity index (χ4v) is 4.46. The smallest absolute Gasteiger partial charge is 0.141 e. The number of aromatic nitrogens is 3. The molecule has 0 aliphatic rings. The van der Waals surface area contributed by atoms with Gasteiger partial charge in [0, 0.05) is 36.5 Å². The van der Waals surface area contributed by atoms with Gasteiger partial charge in [-0.3, -0.25) is 4.98 Å². The van der Waals surface area contributed by atoms with Crippen molar-refractivity contribution in [1.82, 2.24) is 15.0 Å². The van der Waals surface area contributed by atoms with Crippen molar-refractivity contribution >= 4 is 38.3 Å². The quantitative estimate of drug-likeness (QED) is 0.569. The normalized spacial score (nSPS) is 11.4. The molecule has 5 nitrogen and oxygen atoms in total. The molecule has 0 fully saturated rings. The molecule has 0 spiro atoms. The Bertz CT molecular complexity index is 1110. The summed E-state index contributed by atoms with van der Waals surface area (Å²) in [4.78, 5) is 18.7. The van der Waals surface area contributed by atoms with Gasteiger partial charge in [-0.2, -0.15) is 0 Å². The minimum Gasteiger partial charge on any atom is -0.355 e. The van der Waals surface area contributed by atoms with Crippen LogP contribution in [0, 0.1) is 13.8 Å². The van der Waals surface area contributed by atoms with Crippen LogP contribution in [0.5, 0.6) is 0 Å². The van der Waals surface area contributed by atoms with Crippen molar-refractivity contribution in [2.24, 2.45) is 5.73 Å². The predicted molar refractivity (Wildman–Crippen MR) is 113 cm³/mol. The van der Waals surface area contributed by atoms with E-state index in [-0.39, 0.29) is 0 Å². The zero-order valence-corrected chi connectivity index (χ0v) is 16.7. The fourth-order valence-electron chi connectivity index (χ4n) is 3.41. The molecule has 0 unspecified atom stereocenters. The van der Waals surface area contributed by atoms with Crippen LogP contribution in [0.1, 0.15) is 21.8 Å². The SMILES string of the molecule is Cc1sc2nc(CCN)nc(N(C)Cc3cccc4cccnc34)c2c1C. The largest absolute Gasteiger partial charge is 0.355 e. The van der Waals surface area contributed by atoms with Gasteiger partial charge in [-0.1, -0.05) is 24.3 Å². The predicted octanol–water partition coefficient (Wildman–Crippen LogP) is 3.99. The summed E-state index contributed by atoms with van der Waals surface area (Å²) in [7, 11) is 2.09. The van der Waals surface area contributed by atoms with E-state index in [4.69, 9.17) is 15.7 Å². The lowest BCUT2D eigenvalue weighted by atomic mass is 10.1. The third kappa shape index (κ3) is 3.26. The van der Waals surface area contributed by atoms with Crippen LogP contribution in [-0.4, -0.2) is 28.5 Å². The molecule has 0 bridgehead atoms. The van der Waals surface area contributed by atoms with Gasteiger partial charge in [-0.25, -0.2) is 9.97 Å². The summed E-state index contributed by atoms with van der Waals surface area (Å²) in [6.07, 6.45) is 2.53. The number of rotatable bonds is 5. The minimum absolute atomic E-state index is 0.547. The van der Waals surface area contributed by atoms with Crippen molar-refractivity contribution in [2.45, 2.75) is 26.8 Å². The number of thiophene rings is 1. The lowest BCUT2D eigenvalue weighted by Gasteiger charge is -2.21. The van der Waals surface area contributed by atoms with Crippen LogP contribution in [0.15, 0.2) is 36.5 Å². The molecule has 1 aromatic carbocycles. The van der Waals surface area contributed by atoms with Crippen molar-refractivity contribution in [3.8, 4) is 0 Å². The maximum Gasteiger partial charge on any atom is 0.141 e. The van der Waals surface area contributed by atoms with Gasteiger partial charge in [0.1, 0.15) is 16.5 Å². The Morgan fingerprint density at radius 1 is 1.11 bits per heavy atom. The van der Waals surface area contributed by atoms with E-state index in [1.54, 1.807) is 11.3 Å². The molecular weight excluding hydrogens is 354 g/mol. The Labute approximate surface area is 162 Å². The van der Waals surface area contributed by atoms with Gasteiger partial charge in [-0.15, -0.1) is 11.3 Å². The van der Waals surface area contributed by atoms with Crippen LogP contribution in [0.4, 0.5) is 5.82 Å². The monoisotopic (exact) mass is 377 g/mol. The first-order chi connectivity index (χ1) is 13.1. The minimum atomic E-state index is 0.547. The molecule has 0 amide bonds. The van der Waals surface area contributed by atoms with Crippen LogP contribution >= 0.6 is 11.3 Å². The van der Waals surface area contributed by atoms with E-state index in [0.717, 1.165) is 39.3 Å². The molecule has 4 aromatic rings. The summed E-state index contributed by atoms with van der Waals surface area (Å²) in [5, 5.41) is 2.30. The third-order valence-corrected chi connectivity index (χ3v) is 6.01. The number of fused-ring (bicyclic) bond motifs is 2. The molecule has 0 aliphatic carbocycles. The molecule has 27 heavy (non-hydrogen) atoms. The molecule has 3 heterocycles. The molecular formula is C21H23N5S. The lowest BCUT2D eigenvalue weighted by Crippen LogP contribution is -2.20. The second kappa shape index (κ2) is 7.21. The van der Waals surface area contributed by atoms with E-state index in [9.17, 15) is 0 Å². The Balaban J connectivity index is 1.80. The number of para-hydroxylation sites is 1. The van der Waals surface area contributed by atoms with Crippen LogP contribution in [0.25, 0.3) is 21.1 Å². The summed E-state index contributed by atoms with van der Waals surface area (Å²) in [6, 6.07) is 10.4. The fraction of sp³-hybridized carbons (Fsp3) is 0.286. The lowest BCUT2D eigenvalue weighted by molar-refractivity contribution is 0.848. The molecule has 0 saturated heterocycles. The van der Waals surface area contributed by atoms with Gasteiger partial charge in [0.05, 0.1) is 10.9 Å². The molecule has 2 N–H and O–H groups in total. The standard InChI is InChI=1S/C21H23N5S/c1-13-14(2)27-21-18(13)20(24-17(25-21)9-10-22)26(3)12-16-7-4-6-15-8-5-11-23-19(15)16/h4-8,11H,9-10,12,22H2,1-3H3. The van der Waals surface area contributed by atoms with Gasteiger partial charge in [0.25, 0.3) is 0 Å². The first-order valence-corrected chi connectivity index (χ1v) is 9.90. The number of hydrogen-bond acceptors (Lipinski definition) is 6. The second-order valence-corrected chi connectivity index (χ2v) is 8.02.